The maximum absolute atomic E-state index is 12.3. The zero-order chi connectivity index (χ0) is 16.8. The minimum Gasteiger partial charge on any atom is -0.383 e. The summed E-state index contributed by atoms with van der Waals surface area (Å²) in [6.45, 7) is 3.66. The van der Waals surface area contributed by atoms with Crippen LogP contribution in [0.2, 0.25) is 0 Å². The summed E-state index contributed by atoms with van der Waals surface area (Å²) in [5.74, 6) is 1.23. The van der Waals surface area contributed by atoms with E-state index in [2.05, 4.69) is 15.0 Å². The van der Waals surface area contributed by atoms with Crippen molar-refractivity contribution in [3.63, 3.8) is 0 Å². The van der Waals surface area contributed by atoms with Gasteiger partial charge in [-0.3, -0.25) is 9.69 Å². The molecule has 2 heterocycles. The highest BCUT2D eigenvalue weighted by molar-refractivity contribution is 5.78. The normalized spacial score (nSPS) is 16.4. The van der Waals surface area contributed by atoms with Crippen LogP contribution in [0.5, 0.6) is 0 Å². The van der Waals surface area contributed by atoms with Gasteiger partial charge in [-0.15, -0.1) is 0 Å². The predicted molar refractivity (Wildman–Crippen MR) is 88.1 cm³/mol. The molecule has 7 heteroatoms. The third-order valence-electron chi connectivity index (χ3n) is 4.04. The van der Waals surface area contributed by atoms with E-state index in [1.54, 1.807) is 7.11 Å². The summed E-state index contributed by atoms with van der Waals surface area (Å²) >= 11 is 0. The first-order valence-electron chi connectivity index (χ1n) is 8.13. The number of hydrogen-bond acceptors (Lipinski definition) is 6. The summed E-state index contributed by atoms with van der Waals surface area (Å²) in [6.07, 6.45) is 0.926. The van der Waals surface area contributed by atoms with Gasteiger partial charge in [0, 0.05) is 32.3 Å². The molecule has 1 amide bonds. The fourth-order valence-electron chi connectivity index (χ4n) is 2.77. The van der Waals surface area contributed by atoms with Gasteiger partial charge in [0.1, 0.15) is 0 Å². The van der Waals surface area contributed by atoms with Gasteiger partial charge in [0.25, 0.3) is 0 Å². The Bertz CT molecular complexity index is 659. The molecule has 1 aliphatic heterocycles. The van der Waals surface area contributed by atoms with Crippen LogP contribution in [0, 0.1) is 0 Å². The van der Waals surface area contributed by atoms with Crippen molar-refractivity contribution in [2.45, 2.75) is 13.0 Å². The van der Waals surface area contributed by atoms with E-state index in [0.29, 0.717) is 38.0 Å². The van der Waals surface area contributed by atoms with E-state index >= 15 is 0 Å². The number of nitrogens with zero attached hydrogens (tertiary/aromatic N) is 4. The van der Waals surface area contributed by atoms with Crippen molar-refractivity contribution in [1.82, 2.24) is 19.9 Å². The topological polar surface area (TPSA) is 71.7 Å². The van der Waals surface area contributed by atoms with Gasteiger partial charge in [0.2, 0.25) is 17.6 Å². The third-order valence-corrected chi connectivity index (χ3v) is 4.04. The van der Waals surface area contributed by atoms with E-state index in [1.165, 1.54) is 0 Å². The summed E-state index contributed by atoms with van der Waals surface area (Å²) in [4.78, 5) is 20.7. The lowest BCUT2D eigenvalue weighted by molar-refractivity contribution is -0.131. The van der Waals surface area contributed by atoms with Crippen LogP contribution in [0.4, 0.5) is 0 Å². The Hall–Kier alpha value is -2.25. The molecule has 24 heavy (non-hydrogen) atoms. The van der Waals surface area contributed by atoms with E-state index in [-0.39, 0.29) is 5.91 Å². The van der Waals surface area contributed by atoms with Crippen LogP contribution >= 0.6 is 0 Å². The molecule has 1 saturated heterocycles. The maximum Gasteiger partial charge on any atom is 0.241 e. The molecule has 128 valence electrons. The van der Waals surface area contributed by atoms with Crippen LogP contribution in [-0.4, -0.2) is 65.7 Å². The van der Waals surface area contributed by atoms with Crippen LogP contribution in [-0.2, 0) is 16.1 Å². The molecule has 0 N–H and O–H groups in total. The summed E-state index contributed by atoms with van der Waals surface area (Å²) in [5, 5.41) is 4.03. The second-order valence-electron chi connectivity index (χ2n) is 5.82. The monoisotopic (exact) mass is 330 g/mol. The van der Waals surface area contributed by atoms with Gasteiger partial charge < -0.3 is 14.2 Å². The lowest BCUT2D eigenvalue weighted by Crippen LogP contribution is -2.38. The largest absolute Gasteiger partial charge is 0.383 e. The van der Waals surface area contributed by atoms with E-state index in [9.17, 15) is 4.79 Å². The Balaban J connectivity index is 1.60. The Morgan fingerprint density at radius 3 is 2.88 bits per heavy atom. The van der Waals surface area contributed by atoms with Gasteiger partial charge >= 0.3 is 0 Å². The minimum absolute atomic E-state index is 0.118. The van der Waals surface area contributed by atoms with Crippen LogP contribution in [0.1, 0.15) is 12.3 Å². The minimum atomic E-state index is 0.118. The van der Waals surface area contributed by atoms with E-state index in [0.717, 1.165) is 25.1 Å². The van der Waals surface area contributed by atoms with Gasteiger partial charge in [-0.1, -0.05) is 35.5 Å². The van der Waals surface area contributed by atoms with Crippen LogP contribution in [0.3, 0.4) is 0 Å². The highest BCUT2D eigenvalue weighted by Crippen LogP contribution is 2.16. The van der Waals surface area contributed by atoms with Gasteiger partial charge in [0.05, 0.1) is 19.7 Å². The summed E-state index contributed by atoms with van der Waals surface area (Å²) in [7, 11) is 1.65. The molecule has 7 nitrogen and oxygen atoms in total. The van der Waals surface area contributed by atoms with Crippen molar-refractivity contribution in [2.75, 3.05) is 39.9 Å². The molecule has 0 aliphatic carbocycles. The van der Waals surface area contributed by atoms with Gasteiger partial charge in [-0.2, -0.15) is 4.98 Å². The lowest BCUT2D eigenvalue weighted by atomic mass is 10.2. The lowest BCUT2D eigenvalue weighted by Gasteiger charge is -2.20. The molecule has 0 atom stereocenters. The Morgan fingerprint density at radius 1 is 1.25 bits per heavy atom. The summed E-state index contributed by atoms with van der Waals surface area (Å²) in [5.41, 5.74) is 0.921. The number of carbonyl (C=O) groups excluding carboxylic acids is 1. The second-order valence-corrected chi connectivity index (χ2v) is 5.82. The number of rotatable bonds is 6. The van der Waals surface area contributed by atoms with Crippen LogP contribution in [0.25, 0.3) is 11.4 Å². The van der Waals surface area contributed by atoms with Crippen molar-refractivity contribution in [3.05, 3.63) is 36.2 Å². The summed E-state index contributed by atoms with van der Waals surface area (Å²) in [6, 6.07) is 9.71. The Kier molecular flexibility index (Phi) is 5.55. The SMILES string of the molecule is COCCN1CCCN(Cc2nc(-c3ccccc3)no2)CC1=O. The molecule has 3 rings (SSSR count). The van der Waals surface area contributed by atoms with E-state index in [4.69, 9.17) is 9.26 Å². The first kappa shape index (κ1) is 16.6. The average Bonchev–Trinajstić information content (AvgIpc) is 2.99. The number of hydrogen-bond donors (Lipinski definition) is 0. The molecule has 0 saturated carbocycles. The quantitative estimate of drug-likeness (QED) is 0.798. The molecule has 0 unspecified atom stereocenters. The van der Waals surface area contributed by atoms with Crippen molar-refractivity contribution >= 4 is 5.91 Å². The zero-order valence-electron chi connectivity index (χ0n) is 13.9. The molecule has 1 fully saturated rings. The molecule has 0 spiro atoms. The number of ether oxygens (including phenoxy) is 1. The Labute approximate surface area is 141 Å². The molecule has 0 radical (unpaired) electrons. The zero-order valence-corrected chi connectivity index (χ0v) is 13.9. The highest BCUT2D eigenvalue weighted by atomic mass is 16.5. The molecule has 0 bridgehead atoms. The fraction of sp³-hybridized carbons (Fsp3) is 0.471. The average molecular weight is 330 g/mol. The Morgan fingerprint density at radius 2 is 2.08 bits per heavy atom. The van der Waals surface area contributed by atoms with Gasteiger partial charge in [-0.05, 0) is 6.42 Å². The maximum atomic E-state index is 12.3. The van der Waals surface area contributed by atoms with Gasteiger partial charge in [-0.25, -0.2) is 0 Å². The molecule has 2 aromatic rings. The number of aromatic nitrogens is 2. The van der Waals surface area contributed by atoms with Crippen molar-refractivity contribution in [1.29, 1.82) is 0 Å². The molecular formula is C17H22N4O3. The third kappa shape index (κ3) is 4.18. The van der Waals surface area contributed by atoms with Crippen LogP contribution < -0.4 is 0 Å². The predicted octanol–water partition coefficient (Wildman–Crippen LogP) is 1.42. The molecular weight excluding hydrogens is 308 g/mol. The first-order chi connectivity index (χ1) is 11.8. The standard InChI is InChI=1S/C17H22N4O3/c1-23-11-10-21-9-5-8-20(13-16(21)22)12-15-18-17(19-24-15)14-6-3-2-4-7-14/h2-4,6-7H,5,8-13H2,1H3. The fourth-order valence-corrected chi connectivity index (χ4v) is 2.77. The highest BCUT2D eigenvalue weighted by Gasteiger charge is 2.23. The smallest absolute Gasteiger partial charge is 0.241 e. The van der Waals surface area contributed by atoms with Crippen LogP contribution in [0.15, 0.2) is 34.9 Å². The number of benzene rings is 1. The second kappa shape index (κ2) is 8.03. The first-order valence-corrected chi connectivity index (χ1v) is 8.13. The number of methoxy groups -OCH3 is 1. The summed E-state index contributed by atoms with van der Waals surface area (Å²) < 4.78 is 10.4. The molecule has 1 aliphatic rings. The number of amides is 1. The van der Waals surface area contributed by atoms with E-state index in [1.807, 2.05) is 35.2 Å². The number of carbonyl (C=O) groups is 1. The van der Waals surface area contributed by atoms with Gasteiger partial charge in [0.15, 0.2) is 0 Å². The van der Waals surface area contributed by atoms with Crippen molar-refractivity contribution in [3.8, 4) is 11.4 Å². The van der Waals surface area contributed by atoms with Crippen molar-refractivity contribution in [2.24, 2.45) is 0 Å². The molecule has 1 aromatic carbocycles. The van der Waals surface area contributed by atoms with E-state index < -0.39 is 0 Å². The molecule has 1 aromatic heterocycles. The van der Waals surface area contributed by atoms with Crippen molar-refractivity contribution < 1.29 is 14.1 Å².